The van der Waals surface area contributed by atoms with E-state index in [0.717, 1.165) is 12.1 Å². The summed E-state index contributed by atoms with van der Waals surface area (Å²) >= 11 is 0. The normalized spacial score (nSPS) is 15.5. The van der Waals surface area contributed by atoms with Gasteiger partial charge in [0.15, 0.2) is 0 Å². The molecular formula is C18H13F3NO3P. The minimum absolute atomic E-state index is 0.00119. The summed E-state index contributed by atoms with van der Waals surface area (Å²) in [7, 11) is -2.99. The highest BCUT2D eigenvalue weighted by molar-refractivity contribution is 7.70. The van der Waals surface area contributed by atoms with Crippen LogP contribution in [0.5, 0.6) is 11.5 Å². The van der Waals surface area contributed by atoms with E-state index in [9.17, 15) is 22.5 Å². The van der Waals surface area contributed by atoms with Crippen LogP contribution in [-0.2, 0) is 11.0 Å². The van der Waals surface area contributed by atoms with Crippen molar-refractivity contribution in [2.75, 3.05) is 13.3 Å². The third kappa shape index (κ3) is 3.13. The molecule has 2 aromatic carbocycles. The van der Waals surface area contributed by atoms with Crippen LogP contribution in [0.25, 0.3) is 0 Å². The van der Waals surface area contributed by atoms with Crippen LogP contribution in [-0.4, -0.2) is 25.0 Å². The monoisotopic (exact) mass is 379 g/mol. The largest absolute Gasteiger partial charge is 0.457 e. The summed E-state index contributed by atoms with van der Waals surface area (Å²) in [6.45, 7) is 2.78. The van der Waals surface area contributed by atoms with Gasteiger partial charge in [0, 0.05) is 28.9 Å². The first-order valence-corrected chi connectivity index (χ1v) is 10.2. The van der Waals surface area contributed by atoms with Crippen molar-refractivity contribution in [1.29, 1.82) is 5.26 Å². The SMILES string of the molecule is CP(C)(=O)c1ccc(Oc2cc(F)cc(C#N)c2)c2c1C(=O)C(F)(F)C2. The lowest BCUT2D eigenvalue weighted by Crippen LogP contribution is -2.26. The predicted octanol–water partition coefficient (Wildman–Crippen LogP) is 4.11. The number of carbonyl (C=O) groups is 1. The third-order valence-corrected chi connectivity index (χ3v) is 5.55. The Labute approximate surface area is 147 Å². The fourth-order valence-corrected chi connectivity index (χ4v) is 4.10. The number of benzene rings is 2. The Kier molecular flexibility index (Phi) is 4.20. The second-order valence-corrected chi connectivity index (χ2v) is 9.57. The lowest BCUT2D eigenvalue weighted by Gasteiger charge is -2.15. The maximum Gasteiger partial charge on any atom is 0.313 e. The number of hydrogen-bond donors (Lipinski definition) is 0. The number of rotatable bonds is 3. The molecule has 0 aliphatic heterocycles. The fraction of sp³-hybridized carbons (Fsp3) is 0.222. The van der Waals surface area contributed by atoms with E-state index in [1.807, 2.05) is 0 Å². The van der Waals surface area contributed by atoms with E-state index in [1.165, 1.54) is 31.5 Å². The summed E-state index contributed by atoms with van der Waals surface area (Å²) in [5.74, 6) is -5.85. The van der Waals surface area contributed by atoms with Crippen molar-refractivity contribution in [3.05, 3.63) is 52.8 Å². The maximum absolute atomic E-state index is 14.0. The van der Waals surface area contributed by atoms with E-state index in [1.54, 1.807) is 6.07 Å². The molecule has 0 unspecified atom stereocenters. The van der Waals surface area contributed by atoms with Gasteiger partial charge in [-0.05, 0) is 37.6 Å². The van der Waals surface area contributed by atoms with Crippen molar-refractivity contribution in [2.24, 2.45) is 0 Å². The van der Waals surface area contributed by atoms with Crippen LogP contribution in [0.15, 0.2) is 30.3 Å². The predicted molar refractivity (Wildman–Crippen MR) is 89.7 cm³/mol. The Morgan fingerprint density at radius 2 is 1.92 bits per heavy atom. The summed E-state index contributed by atoms with van der Waals surface area (Å²) in [5.41, 5.74) is -0.358. The highest BCUT2D eigenvalue weighted by Crippen LogP contribution is 2.45. The van der Waals surface area contributed by atoms with Gasteiger partial charge in [-0.25, -0.2) is 4.39 Å². The van der Waals surface area contributed by atoms with E-state index in [4.69, 9.17) is 10.00 Å². The summed E-state index contributed by atoms with van der Waals surface area (Å²) in [5, 5.41) is 8.96. The van der Waals surface area contributed by atoms with Gasteiger partial charge >= 0.3 is 5.92 Å². The Balaban J connectivity index is 2.15. The van der Waals surface area contributed by atoms with Gasteiger partial charge in [0.1, 0.15) is 24.5 Å². The zero-order chi connectivity index (χ0) is 19.3. The number of fused-ring (bicyclic) bond motifs is 1. The summed E-state index contributed by atoms with van der Waals surface area (Å²) in [4.78, 5) is 12.1. The maximum atomic E-state index is 14.0. The van der Waals surface area contributed by atoms with Crippen molar-refractivity contribution >= 4 is 18.2 Å². The summed E-state index contributed by atoms with van der Waals surface area (Å²) < 4.78 is 59.5. The zero-order valence-corrected chi connectivity index (χ0v) is 14.7. The van der Waals surface area contributed by atoms with Crippen LogP contribution < -0.4 is 10.0 Å². The standard InChI is InChI=1S/C18H13F3NO3P/c1-26(2,24)15-4-3-14(13-8-18(20,21)17(23)16(13)15)25-12-6-10(9-22)5-11(19)7-12/h3-7H,8H2,1-2H3. The van der Waals surface area contributed by atoms with Gasteiger partial charge < -0.3 is 9.30 Å². The molecule has 3 rings (SSSR count). The van der Waals surface area contributed by atoms with Crippen molar-refractivity contribution in [2.45, 2.75) is 12.3 Å². The molecule has 26 heavy (non-hydrogen) atoms. The zero-order valence-electron chi connectivity index (χ0n) is 13.8. The highest BCUT2D eigenvalue weighted by Gasteiger charge is 2.50. The number of ether oxygens (including phenoxy) is 1. The molecule has 0 aromatic heterocycles. The molecule has 0 amide bonds. The first-order valence-electron chi connectivity index (χ1n) is 7.55. The van der Waals surface area contributed by atoms with Gasteiger partial charge in [-0.3, -0.25) is 4.79 Å². The smallest absolute Gasteiger partial charge is 0.313 e. The molecule has 134 valence electrons. The van der Waals surface area contributed by atoms with Gasteiger partial charge in [-0.15, -0.1) is 0 Å². The molecule has 1 aliphatic rings. The average Bonchev–Trinajstić information content (AvgIpc) is 2.77. The Morgan fingerprint density at radius 1 is 1.23 bits per heavy atom. The molecule has 0 N–H and O–H groups in total. The number of halogens is 3. The van der Waals surface area contributed by atoms with Crippen LogP contribution in [0.2, 0.25) is 0 Å². The highest BCUT2D eigenvalue weighted by atomic mass is 31.2. The molecule has 0 radical (unpaired) electrons. The molecular weight excluding hydrogens is 366 g/mol. The number of hydrogen-bond acceptors (Lipinski definition) is 4. The number of carbonyl (C=O) groups excluding carboxylic acids is 1. The van der Waals surface area contributed by atoms with Crippen molar-refractivity contribution in [1.82, 2.24) is 0 Å². The van der Waals surface area contributed by atoms with E-state index < -0.39 is 31.1 Å². The summed E-state index contributed by atoms with van der Waals surface area (Å²) in [6, 6.07) is 7.67. The number of ketones is 1. The molecule has 0 fully saturated rings. The number of alkyl halides is 2. The van der Waals surface area contributed by atoms with Gasteiger partial charge in [-0.1, -0.05) is 0 Å². The molecule has 0 bridgehead atoms. The molecule has 2 aromatic rings. The Bertz CT molecular complexity index is 1020. The van der Waals surface area contributed by atoms with E-state index >= 15 is 0 Å². The van der Waals surface area contributed by atoms with Gasteiger partial charge in [0.25, 0.3) is 0 Å². The average molecular weight is 379 g/mol. The van der Waals surface area contributed by atoms with Gasteiger partial charge in [-0.2, -0.15) is 14.0 Å². The first kappa shape index (κ1) is 18.2. The topological polar surface area (TPSA) is 67.2 Å². The molecule has 0 spiro atoms. The minimum atomic E-state index is -3.62. The molecule has 4 nitrogen and oxygen atoms in total. The minimum Gasteiger partial charge on any atom is -0.457 e. The molecule has 1 aliphatic carbocycles. The van der Waals surface area contributed by atoms with Crippen molar-refractivity contribution < 1.29 is 27.3 Å². The van der Waals surface area contributed by atoms with Crippen LogP contribution in [0, 0.1) is 17.1 Å². The summed E-state index contributed by atoms with van der Waals surface area (Å²) in [6.07, 6.45) is -0.884. The van der Waals surface area contributed by atoms with Crippen molar-refractivity contribution in [3.63, 3.8) is 0 Å². The number of nitriles is 1. The van der Waals surface area contributed by atoms with E-state index in [2.05, 4.69) is 0 Å². The first-order chi connectivity index (χ1) is 12.0. The van der Waals surface area contributed by atoms with Gasteiger partial charge in [0.05, 0.1) is 11.6 Å². The van der Waals surface area contributed by atoms with Crippen molar-refractivity contribution in [3.8, 4) is 17.6 Å². The van der Waals surface area contributed by atoms with Crippen LogP contribution in [0.1, 0.15) is 21.5 Å². The Hall–Kier alpha value is -2.58. The molecule has 0 saturated heterocycles. The second kappa shape index (κ2) is 6.00. The molecule has 0 saturated carbocycles. The molecule has 0 atom stereocenters. The van der Waals surface area contributed by atoms with E-state index in [0.29, 0.717) is 0 Å². The quantitative estimate of drug-likeness (QED) is 0.753. The van der Waals surface area contributed by atoms with Gasteiger partial charge in [0.2, 0.25) is 5.78 Å². The molecule has 8 heteroatoms. The Morgan fingerprint density at radius 3 is 2.54 bits per heavy atom. The number of nitrogens with zero attached hydrogens (tertiary/aromatic N) is 1. The lowest BCUT2D eigenvalue weighted by molar-refractivity contribution is 0.0167. The third-order valence-electron chi connectivity index (χ3n) is 4.01. The van der Waals surface area contributed by atoms with Crippen LogP contribution in [0.4, 0.5) is 13.2 Å². The fourth-order valence-electron chi connectivity index (χ4n) is 2.89. The van der Waals surface area contributed by atoms with E-state index in [-0.39, 0.29) is 33.5 Å². The second-order valence-electron chi connectivity index (χ2n) is 6.39. The van der Waals surface area contributed by atoms with Crippen LogP contribution >= 0.6 is 7.14 Å². The molecule has 0 heterocycles. The lowest BCUT2D eigenvalue weighted by atomic mass is 10.1. The van der Waals surface area contributed by atoms with Crippen LogP contribution in [0.3, 0.4) is 0 Å². The number of Topliss-reactive ketones (excluding diaryl/α,β-unsaturated/α-hetero) is 1.